The van der Waals surface area contributed by atoms with Crippen LogP contribution in [0, 0.1) is 0 Å². The van der Waals surface area contributed by atoms with Crippen LogP contribution >= 0.6 is 0 Å². The van der Waals surface area contributed by atoms with Crippen molar-refractivity contribution in [3.63, 3.8) is 0 Å². The van der Waals surface area contributed by atoms with Crippen molar-refractivity contribution in [3.05, 3.63) is 35.9 Å². The second-order valence-electron chi connectivity index (χ2n) is 6.95. The van der Waals surface area contributed by atoms with Crippen LogP contribution in [0.5, 0.6) is 0 Å². The number of hydrogen-bond donors (Lipinski definition) is 1. The Balaban J connectivity index is 1.56. The summed E-state index contributed by atoms with van der Waals surface area (Å²) in [7, 11) is -3.05. The van der Waals surface area contributed by atoms with Gasteiger partial charge in [0, 0.05) is 32.1 Å². The predicted molar refractivity (Wildman–Crippen MR) is 98.2 cm³/mol. The summed E-state index contributed by atoms with van der Waals surface area (Å²) in [5.41, 5.74) is 1.05. The van der Waals surface area contributed by atoms with Gasteiger partial charge in [-0.25, -0.2) is 13.2 Å². The number of nitrogens with one attached hydrogen (secondary N) is 1. The fourth-order valence-electron chi connectivity index (χ4n) is 3.67. The number of carbonyl (C=O) groups excluding carboxylic acids is 2. The molecule has 0 saturated carbocycles. The summed E-state index contributed by atoms with van der Waals surface area (Å²) in [6.07, 6.45) is 0.756. The Morgan fingerprint density at radius 3 is 2.65 bits per heavy atom. The minimum absolute atomic E-state index is 0.0191. The third kappa shape index (κ3) is 4.35. The molecule has 2 aliphatic heterocycles. The molecule has 7 nitrogen and oxygen atoms in total. The predicted octanol–water partition coefficient (Wildman–Crippen LogP) is 1.01. The van der Waals surface area contributed by atoms with Crippen LogP contribution in [-0.2, 0) is 21.2 Å². The third-order valence-corrected chi connectivity index (χ3v) is 6.76. The van der Waals surface area contributed by atoms with E-state index in [0.29, 0.717) is 26.1 Å². The third-order valence-electron chi connectivity index (χ3n) is 5.01. The molecule has 142 valence electrons. The van der Waals surface area contributed by atoms with Gasteiger partial charge in [0.2, 0.25) is 5.91 Å². The Hall–Kier alpha value is -2.09. The monoisotopic (exact) mass is 379 g/mol. The number of likely N-dealkylation sites (tertiary alicyclic amines) is 1. The van der Waals surface area contributed by atoms with E-state index in [1.54, 1.807) is 9.80 Å². The summed E-state index contributed by atoms with van der Waals surface area (Å²) in [5.74, 6) is 0.178. The standard InChI is InChI=1S/C18H25N3O4S/c1-2-21(16-8-9-26(24,25)13-16)18(23)19-15-10-17(22)20(12-15)11-14-6-4-3-5-7-14/h3-7,15-16H,2,8-13H2,1H3,(H,19,23). The van der Waals surface area contributed by atoms with Crippen LogP contribution in [0.3, 0.4) is 0 Å². The Morgan fingerprint density at radius 2 is 2.04 bits per heavy atom. The Morgan fingerprint density at radius 1 is 1.31 bits per heavy atom. The van der Waals surface area contributed by atoms with Gasteiger partial charge in [-0.3, -0.25) is 4.79 Å². The molecule has 0 aliphatic carbocycles. The van der Waals surface area contributed by atoms with Gasteiger partial charge in [-0.2, -0.15) is 0 Å². The Labute approximate surface area is 154 Å². The maximum atomic E-state index is 12.6. The van der Waals surface area contributed by atoms with Crippen LogP contribution in [0.25, 0.3) is 0 Å². The van der Waals surface area contributed by atoms with Gasteiger partial charge in [0.05, 0.1) is 17.5 Å². The van der Waals surface area contributed by atoms with E-state index in [0.717, 1.165) is 5.56 Å². The van der Waals surface area contributed by atoms with Gasteiger partial charge < -0.3 is 15.1 Å². The smallest absolute Gasteiger partial charge is 0.317 e. The number of rotatable bonds is 5. The molecule has 1 aromatic carbocycles. The summed E-state index contributed by atoms with van der Waals surface area (Å²) >= 11 is 0. The van der Waals surface area contributed by atoms with E-state index in [-0.39, 0.29) is 41.9 Å². The molecule has 3 amide bonds. The zero-order chi connectivity index (χ0) is 18.7. The highest BCUT2D eigenvalue weighted by Crippen LogP contribution is 2.19. The molecule has 3 rings (SSSR count). The molecular weight excluding hydrogens is 354 g/mol. The van der Waals surface area contributed by atoms with Gasteiger partial charge in [-0.05, 0) is 18.9 Å². The zero-order valence-corrected chi connectivity index (χ0v) is 15.7. The number of benzene rings is 1. The normalized spacial score (nSPS) is 24.7. The first kappa shape index (κ1) is 18.7. The lowest BCUT2D eigenvalue weighted by molar-refractivity contribution is -0.128. The SMILES string of the molecule is CCN(C(=O)NC1CC(=O)N(Cc2ccccc2)C1)C1CCS(=O)(=O)C1. The van der Waals surface area contributed by atoms with Crippen LogP contribution < -0.4 is 5.32 Å². The Bertz CT molecular complexity index is 766. The highest BCUT2D eigenvalue weighted by atomic mass is 32.2. The van der Waals surface area contributed by atoms with E-state index in [2.05, 4.69) is 5.32 Å². The topological polar surface area (TPSA) is 86.8 Å². The fourth-order valence-corrected chi connectivity index (χ4v) is 5.40. The van der Waals surface area contributed by atoms with E-state index in [9.17, 15) is 18.0 Å². The zero-order valence-electron chi connectivity index (χ0n) is 14.9. The van der Waals surface area contributed by atoms with Gasteiger partial charge in [-0.1, -0.05) is 30.3 Å². The summed E-state index contributed by atoms with van der Waals surface area (Å²) in [6, 6.07) is 8.94. The highest BCUT2D eigenvalue weighted by Gasteiger charge is 2.36. The first-order valence-electron chi connectivity index (χ1n) is 8.97. The lowest BCUT2D eigenvalue weighted by Gasteiger charge is -2.28. The maximum absolute atomic E-state index is 12.6. The maximum Gasteiger partial charge on any atom is 0.317 e. The molecule has 0 radical (unpaired) electrons. The molecule has 1 aromatic rings. The number of nitrogens with zero attached hydrogens (tertiary/aromatic N) is 2. The summed E-state index contributed by atoms with van der Waals surface area (Å²) in [5, 5.41) is 2.91. The number of amides is 3. The minimum Gasteiger partial charge on any atom is -0.336 e. The molecule has 26 heavy (non-hydrogen) atoms. The summed E-state index contributed by atoms with van der Waals surface area (Å²) in [6.45, 7) is 3.29. The quantitative estimate of drug-likeness (QED) is 0.827. The summed E-state index contributed by atoms with van der Waals surface area (Å²) in [4.78, 5) is 28.1. The molecule has 8 heteroatoms. The van der Waals surface area contributed by atoms with Crippen molar-refractivity contribution in [2.24, 2.45) is 0 Å². The highest BCUT2D eigenvalue weighted by molar-refractivity contribution is 7.91. The number of carbonyl (C=O) groups is 2. The Kier molecular flexibility index (Phi) is 5.50. The van der Waals surface area contributed by atoms with Crippen LogP contribution in [-0.4, -0.2) is 66.8 Å². The van der Waals surface area contributed by atoms with Gasteiger partial charge in [0.25, 0.3) is 0 Å². The van der Waals surface area contributed by atoms with Crippen molar-refractivity contribution in [2.75, 3.05) is 24.6 Å². The molecule has 2 heterocycles. The van der Waals surface area contributed by atoms with Crippen molar-refractivity contribution in [1.29, 1.82) is 0 Å². The number of urea groups is 1. The lowest BCUT2D eigenvalue weighted by atomic mass is 10.2. The lowest BCUT2D eigenvalue weighted by Crippen LogP contribution is -2.50. The average Bonchev–Trinajstić information content (AvgIpc) is 3.11. The van der Waals surface area contributed by atoms with E-state index in [1.807, 2.05) is 37.3 Å². The second kappa shape index (κ2) is 7.65. The van der Waals surface area contributed by atoms with Crippen molar-refractivity contribution >= 4 is 21.8 Å². The van der Waals surface area contributed by atoms with Crippen molar-refractivity contribution in [2.45, 2.75) is 38.4 Å². The van der Waals surface area contributed by atoms with E-state index in [1.165, 1.54) is 0 Å². The van der Waals surface area contributed by atoms with Crippen molar-refractivity contribution in [3.8, 4) is 0 Å². The minimum atomic E-state index is -3.05. The molecule has 0 bridgehead atoms. The largest absolute Gasteiger partial charge is 0.336 e. The van der Waals surface area contributed by atoms with E-state index >= 15 is 0 Å². The van der Waals surface area contributed by atoms with Crippen LogP contribution in [0.1, 0.15) is 25.3 Å². The molecule has 2 fully saturated rings. The fraction of sp³-hybridized carbons (Fsp3) is 0.556. The first-order chi connectivity index (χ1) is 12.4. The van der Waals surface area contributed by atoms with Gasteiger partial charge >= 0.3 is 6.03 Å². The van der Waals surface area contributed by atoms with Crippen LogP contribution in [0.15, 0.2) is 30.3 Å². The molecule has 2 saturated heterocycles. The van der Waals surface area contributed by atoms with E-state index in [4.69, 9.17) is 0 Å². The average molecular weight is 379 g/mol. The van der Waals surface area contributed by atoms with E-state index < -0.39 is 9.84 Å². The van der Waals surface area contributed by atoms with Crippen LogP contribution in [0.2, 0.25) is 0 Å². The van der Waals surface area contributed by atoms with Crippen LogP contribution in [0.4, 0.5) is 4.79 Å². The van der Waals surface area contributed by atoms with Gasteiger partial charge in [0.1, 0.15) is 0 Å². The van der Waals surface area contributed by atoms with Gasteiger partial charge in [0.15, 0.2) is 9.84 Å². The van der Waals surface area contributed by atoms with Crippen molar-refractivity contribution in [1.82, 2.24) is 15.1 Å². The first-order valence-corrected chi connectivity index (χ1v) is 10.8. The number of hydrogen-bond acceptors (Lipinski definition) is 4. The second-order valence-corrected chi connectivity index (χ2v) is 9.18. The molecule has 1 N–H and O–H groups in total. The molecule has 0 aromatic heterocycles. The van der Waals surface area contributed by atoms with Crippen molar-refractivity contribution < 1.29 is 18.0 Å². The van der Waals surface area contributed by atoms with Gasteiger partial charge in [-0.15, -0.1) is 0 Å². The number of sulfone groups is 1. The molecule has 2 unspecified atom stereocenters. The molecule has 2 aliphatic rings. The molecular formula is C18H25N3O4S. The molecule has 2 atom stereocenters. The molecule has 0 spiro atoms. The summed E-state index contributed by atoms with van der Waals surface area (Å²) < 4.78 is 23.4.